The molecule has 20 heavy (non-hydrogen) atoms. The first kappa shape index (κ1) is 14.9. The van der Waals surface area contributed by atoms with Gasteiger partial charge < -0.3 is 15.4 Å². The van der Waals surface area contributed by atoms with Crippen molar-refractivity contribution in [2.24, 2.45) is 0 Å². The van der Waals surface area contributed by atoms with Crippen molar-refractivity contribution < 1.29 is 9.53 Å². The molecule has 1 aliphatic carbocycles. The number of hydrogen-bond donors (Lipinski definition) is 2. The smallest absolute Gasteiger partial charge is 0.221 e. The molecular formula is C16H24N2O2. The third-order valence-corrected chi connectivity index (χ3v) is 3.60. The molecule has 0 aliphatic heterocycles. The van der Waals surface area contributed by atoms with Crippen LogP contribution in [0.1, 0.15) is 43.4 Å². The van der Waals surface area contributed by atoms with Gasteiger partial charge in [0.25, 0.3) is 0 Å². The van der Waals surface area contributed by atoms with E-state index in [1.165, 1.54) is 5.56 Å². The Balaban J connectivity index is 1.81. The number of carbonyl (C=O) groups excluding carboxylic acids is 1. The van der Waals surface area contributed by atoms with Crippen LogP contribution in [0.3, 0.4) is 0 Å². The lowest BCUT2D eigenvalue weighted by atomic mass is 10.0. The first-order valence-corrected chi connectivity index (χ1v) is 7.27. The van der Waals surface area contributed by atoms with Crippen molar-refractivity contribution >= 4 is 5.91 Å². The standard InChI is InChI=1S/C16H24N2O2/c1-11-4-7-14(15(10-11)20-3)12(2)17-9-8-16(19)18-13-5-6-13/h4,7,10,12-13,17H,5-6,8-9H2,1-3H3,(H,18,19). The van der Waals surface area contributed by atoms with Gasteiger partial charge in [0, 0.05) is 30.6 Å². The average molecular weight is 276 g/mol. The lowest BCUT2D eigenvalue weighted by molar-refractivity contribution is -0.121. The summed E-state index contributed by atoms with van der Waals surface area (Å²) in [5, 5.41) is 6.37. The van der Waals surface area contributed by atoms with Gasteiger partial charge in [-0.3, -0.25) is 4.79 Å². The van der Waals surface area contributed by atoms with Crippen LogP contribution in [-0.2, 0) is 4.79 Å². The molecule has 0 saturated heterocycles. The topological polar surface area (TPSA) is 50.4 Å². The van der Waals surface area contributed by atoms with Crippen LogP contribution in [0.25, 0.3) is 0 Å². The van der Waals surface area contributed by atoms with Crippen molar-refractivity contribution in [3.05, 3.63) is 29.3 Å². The molecular weight excluding hydrogens is 252 g/mol. The van der Waals surface area contributed by atoms with Gasteiger partial charge >= 0.3 is 0 Å². The molecule has 2 rings (SSSR count). The number of carbonyl (C=O) groups is 1. The zero-order valence-corrected chi connectivity index (χ0v) is 12.5. The second-order valence-electron chi connectivity index (χ2n) is 5.51. The van der Waals surface area contributed by atoms with Crippen LogP contribution >= 0.6 is 0 Å². The van der Waals surface area contributed by atoms with Gasteiger partial charge in [0.1, 0.15) is 5.75 Å². The Labute approximate surface area is 120 Å². The van der Waals surface area contributed by atoms with Crippen molar-refractivity contribution in [2.45, 2.75) is 45.2 Å². The molecule has 1 atom stereocenters. The van der Waals surface area contributed by atoms with E-state index in [0.717, 1.165) is 24.2 Å². The van der Waals surface area contributed by atoms with Gasteiger partial charge in [0.15, 0.2) is 0 Å². The quantitative estimate of drug-likeness (QED) is 0.803. The highest BCUT2D eigenvalue weighted by atomic mass is 16.5. The largest absolute Gasteiger partial charge is 0.496 e. The second-order valence-corrected chi connectivity index (χ2v) is 5.51. The first-order chi connectivity index (χ1) is 9.60. The fourth-order valence-corrected chi connectivity index (χ4v) is 2.22. The Morgan fingerprint density at radius 1 is 1.45 bits per heavy atom. The highest BCUT2D eigenvalue weighted by Gasteiger charge is 2.22. The van der Waals surface area contributed by atoms with Crippen LogP contribution in [-0.4, -0.2) is 25.6 Å². The Bertz CT molecular complexity index is 470. The van der Waals surface area contributed by atoms with Crippen molar-refractivity contribution in [2.75, 3.05) is 13.7 Å². The van der Waals surface area contributed by atoms with Crippen molar-refractivity contribution in [3.63, 3.8) is 0 Å². The van der Waals surface area contributed by atoms with Gasteiger partial charge in [-0.05, 0) is 38.3 Å². The first-order valence-electron chi connectivity index (χ1n) is 7.27. The predicted molar refractivity (Wildman–Crippen MR) is 79.9 cm³/mol. The van der Waals surface area contributed by atoms with Gasteiger partial charge in [-0.1, -0.05) is 12.1 Å². The van der Waals surface area contributed by atoms with Crippen LogP contribution in [0.4, 0.5) is 0 Å². The van der Waals surface area contributed by atoms with Crippen molar-refractivity contribution in [1.82, 2.24) is 10.6 Å². The molecule has 4 nitrogen and oxygen atoms in total. The van der Waals surface area contributed by atoms with Crippen LogP contribution in [0.5, 0.6) is 5.75 Å². The zero-order valence-electron chi connectivity index (χ0n) is 12.5. The lowest BCUT2D eigenvalue weighted by Gasteiger charge is -2.17. The third kappa shape index (κ3) is 4.23. The molecule has 1 amide bonds. The van der Waals surface area contributed by atoms with Crippen LogP contribution < -0.4 is 15.4 Å². The number of methoxy groups -OCH3 is 1. The highest BCUT2D eigenvalue weighted by molar-refractivity contribution is 5.76. The molecule has 2 N–H and O–H groups in total. The fourth-order valence-electron chi connectivity index (χ4n) is 2.22. The van der Waals surface area contributed by atoms with E-state index in [2.05, 4.69) is 29.7 Å². The Hall–Kier alpha value is -1.55. The maximum Gasteiger partial charge on any atom is 0.221 e. The van der Waals surface area contributed by atoms with E-state index in [-0.39, 0.29) is 11.9 Å². The summed E-state index contributed by atoms with van der Waals surface area (Å²) in [5.41, 5.74) is 2.31. The normalized spacial score (nSPS) is 15.8. The van der Waals surface area contributed by atoms with Crippen molar-refractivity contribution in [3.8, 4) is 5.75 Å². The summed E-state index contributed by atoms with van der Waals surface area (Å²) in [6.07, 6.45) is 2.79. The van der Waals surface area contributed by atoms with E-state index < -0.39 is 0 Å². The van der Waals surface area contributed by atoms with E-state index >= 15 is 0 Å². The number of benzene rings is 1. The maximum atomic E-state index is 11.6. The third-order valence-electron chi connectivity index (χ3n) is 3.60. The molecule has 0 radical (unpaired) electrons. The van der Waals surface area contributed by atoms with Gasteiger partial charge in [0.2, 0.25) is 5.91 Å². The number of nitrogens with one attached hydrogen (secondary N) is 2. The summed E-state index contributed by atoms with van der Waals surface area (Å²) in [6.45, 7) is 4.81. The molecule has 0 spiro atoms. The van der Waals surface area contributed by atoms with Gasteiger partial charge in [-0.2, -0.15) is 0 Å². The van der Waals surface area contributed by atoms with Gasteiger partial charge in [0.05, 0.1) is 7.11 Å². The average Bonchev–Trinajstić information content (AvgIpc) is 3.22. The van der Waals surface area contributed by atoms with Gasteiger partial charge in [-0.15, -0.1) is 0 Å². The molecule has 0 bridgehead atoms. The zero-order chi connectivity index (χ0) is 14.5. The fraction of sp³-hybridized carbons (Fsp3) is 0.562. The molecule has 1 fully saturated rings. The molecule has 4 heteroatoms. The highest BCUT2D eigenvalue weighted by Crippen LogP contribution is 2.26. The van der Waals surface area contributed by atoms with E-state index in [1.807, 2.05) is 13.0 Å². The summed E-state index contributed by atoms with van der Waals surface area (Å²) < 4.78 is 5.42. The summed E-state index contributed by atoms with van der Waals surface area (Å²) >= 11 is 0. The molecule has 0 aromatic heterocycles. The van der Waals surface area contributed by atoms with E-state index in [9.17, 15) is 4.79 Å². The Kier molecular flexibility index (Phi) is 5.01. The number of aryl methyl sites for hydroxylation is 1. The summed E-state index contributed by atoms with van der Waals surface area (Å²) in [7, 11) is 1.69. The predicted octanol–water partition coefficient (Wildman–Crippen LogP) is 2.32. The lowest BCUT2D eigenvalue weighted by Crippen LogP contribution is -2.30. The number of hydrogen-bond acceptors (Lipinski definition) is 3. The Morgan fingerprint density at radius 2 is 2.20 bits per heavy atom. The van der Waals surface area contributed by atoms with Crippen LogP contribution in [0, 0.1) is 6.92 Å². The summed E-state index contributed by atoms with van der Waals surface area (Å²) in [6, 6.07) is 6.80. The van der Waals surface area contributed by atoms with Gasteiger partial charge in [-0.25, -0.2) is 0 Å². The van der Waals surface area contributed by atoms with E-state index in [0.29, 0.717) is 19.0 Å². The summed E-state index contributed by atoms with van der Waals surface area (Å²) in [4.78, 5) is 11.6. The second kappa shape index (κ2) is 6.75. The number of rotatable bonds is 7. The molecule has 110 valence electrons. The maximum absolute atomic E-state index is 11.6. The van der Waals surface area contributed by atoms with E-state index in [1.54, 1.807) is 7.11 Å². The molecule has 1 aromatic rings. The number of ether oxygens (including phenoxy) is 1. The number of amides is 1. The van der Waals surface area contributed by atoms with Crippen molar-refractivity contribution in [1.29, 1.82) is 0 Å². The minimum absolute atomic E-state index is 0.142. The molecule has 1 unspecified atom stereocenters. The minimum Gasteiger partial charge on any atom is -0.496 e. The molecule has 1 aromatic carbocycles. The van der Waals surface area contributed by atoms with Crippen LogP contribution in [0.15, 0.2) is 18.2 Å². The summed E-state index contributed by atoms with van der Waals surface area (Å²) in [5.74, 6) is 1.04. The molecule has 0 heterocycles. The minimum atomic E-state index is 0.142. The van der Waals surface area contributed by atoms with Crippen LogP contribution in [0.2, 0.25) is 0 Å². The van der Waals surface area contributed by atoms with E-state index in [4.69, 9.17) is 4.74 Å². The molecule has 1 saturated carbocycles. The molecule has 1 aliphatic rings. The Morgan fingerprint density at radius 3 is 2.85 bits per heavy atom. The SMILES string of the molecule is COc1cc(C)ccc1C(C)NCCC(=O)NC1CC1. The monoisotopic (exact) mass is 276 g/mol.